The molecule has 2 N–H and O–H groups in total. The summed E-state index contributed by atoms with van der Waals surface area (Å²) in [5.41, 5.74) is 3.75. The number of nitrogens with one attached hydrogen (secondary N) is 2. The zero-order chi connectivity index (χ0) is 20.1. The second kappa shape index (κ2) is 8.99. The summed E-state index contributed by atoms with van der Waals surface area (Å²) in [4.78, 5) is 26.1. The molecule has 0 saturated carbocycles. The van der Waals surface area contributed by atoms with E-state index >= 15 is 0 Å². The average molecular weight is 386 g/mol. The first-order chi connectivity index (χ1) is 13.5. The second-order valence-corrected chi connectivity index (χ2v) is 7.38. The lowest BCUT2D eigenvalue weighted by Gasteiger charge is -2.18. The van der Waals surface area contributed by atoms with Crippen LogP contribution in [0.2, 0.25) is 0 Å². The number of fused-ring (bicyclic) bond motifs is 1. The molecule has 2 amide bonds. The van der Waals surface area contributed by atoms with E-state index in [-0.39, 0.29) is 17.4 Å². The predicted molar refractivity (Wildman–Crippen MR) is 106 cm³/mol. The number of anilines is 1. The first kappa shape index (κ1) is 20.0. The normalized spacial score (nSPS) is 13.5. The quantitative estimate of drug-likeness (QED) is 0.741. The highest BCUT2D eigenvalue weighted by Gasteiger charge is 2.20. The Bertz CT molecular complexity index is 862. The highest BCUT2D eigenvalue weighted by molar-refractivity contribution is 5.97. The predicted octanol–water partition coefficient (Wildman–Crippen LogP) is 3.83. The molecule has 0 bridgehead atoms. The van der Waals surface area contributed by atoms with Crippen LogP contribution in [-0.4, -0.2) is 34.0 Å². The van der Waals surface area contributed by atoms with Gasteiger partial charge in [-0.2, -0.15) is 5.10 Å². The van der Waals surface area contributed by atoms with Crippen molar-refractivity contribution in [1.29, 1.82) is 0 Å². The number of halogens is 1. The van der Waals surface area contributed by atoms with E-state index in [1.54, 1.807) is 7.05 Å². The first-order valence-corrected chi connectivity index (χ1v) is 9.88. The molecule has 28 heavy (non-hydrogen) atoms. The molecule has 0 atom stereocenters. The molecule has 0 fully saturated rings. The first-order valence-electron chi connectivity index (χ1n) is 9.88. The van der Waals surface area contributed by atoms with Crippen molar-refractivity contribution >= 4 is 17.5 Å². The number of hydrogen-bond acceptors (Lipinski definition) is 3. The van der Waals surface area contributed by atoms with Gasteiger partial charge in [-0.25, -0.2) is 4.39 Å². The third kappa shape index (κ3) is 4.77. The molecule has 0 unspecified atom stereocenters. The minimum absolute atomic E-state index is 0.195. The maximum atomic E-state index is 14.0. The van der Waals surface area contributed by atoms with E-state index in [4.69, 9.17) is 0 Å². The fourth-order valence-corrected chi connectivity index (χ4v) is 3.61. The van der Waals surface area contributed by atoms with Crippen LogP contribution in [-0.2, 0) is 24.2 Å². The lowest BCUT2D eigenvalue weighted by atomic mass is 10.1. The summed E-state index contributed by atoms with van der Waals surface area (Å²) in [6.07, 6.45) is 6.49. The van der Waals surface area contributed by atoms with E-state index in [0.717, 1.165) is 31.4 Å². The molecule has 2 aromatic rings. The minimum atomic E-state index is -0.556. The fourth-order valence-electron chi connectivity index (χ4n) is 3.61. The summed E-state index contributed by atoms with van der Waals surface area (Å²) in [7, 11) is 1.68. The van der Waals surface area contributed by atoms with E-state index in [1.807, 2.05) is 6.92 Å². The maximum Gasteiger partial charge on any atom is 0.254 e. The number of H-pyrrole nitrogens is 1. The van der Waals surface area contributed by atoms with Crippen molar-refractivity contribution in [1.82, 2.24) is 15.1 Å². The lowest BCUT2D eigenvalue weighted by Crippen LogP contribution is -2.27. The molecule has 0 spiro atoms. The number of carbonyl (C=O) groups is 2. The van der Waals surface area contributed by atoms with Crippen molar-refractivity contribution < 1.29 is 14.0 Å². The average Bonchev–Trinajstić information content (AvgIpc) is 2.87. The number of aromatic nitrogens is 2. The Morgan fingerprint density at radius 2 is 2.00 bits per heavy atom. The molecule has 1 aliphatic rings. The number of benzene rings is 1. The Morgan fingerprint density at radius 3 is 2.79 bits per heavy atom. The molecule has 6 nitrogen and oxygen atoms in total. The van der Waals surface area contributed by atoms with E-state index in [0.29, 0.717) is 25.1 Å². The fraction of sp³-hybridized carbons (Fsp3) is 0.476. The van der Waals surface area contributed by atoms with Gasteiger partial charge in [-0.15, -0.1) is 0 Å². The summed E-state index contributed by atoms with van der Waals surface area (Å²) < 4.78 is 14.0. The van der Waals surface area contributed by atoms with Crippen LogP contribution in [0.3, 0.4) is 0 Å². The van der Waals surface area contributed by atoms with Gasteiger partial charge in [0.2, 0.25) is 5.91 Å². The molecule has 1 heterocycles. The van der Waals surface area contributed by atoms with Crippen molar-refractivity contribution in [3.63, 3.8) is 0 Å². The van der Waals surface area contributed by atoms with Crippen LogP contribution in [0.4, 0.5) is 10.1 Å². The Morgan fingerprint density at radius 1 is 1.21 bits per heavy atom. The SMILES string of the molecule is CCCC(=O)Nc1cc(F)cc(C(=O)N(C)Cc2n[nH]c3c2CCCCC3)c1. The van der Waals surface area contributed by atoms with Gasteiger partial charge in [0, 0.05) is 30.4 Å². The van der Waals surface area contributed by atoms with Crippen molar-refractivity contribution in [2.75, 3.05) is 12.4 Å². The van der Waals surface area contributed by atoms with Crippen LogP contribution in [0.5, 0.6) is 0 Å². The molecule has 1 aromatic carbocycles. The summed E-state index contributed by atoms with van der Waals surface area (Å²) in [6.45, 7) is 2.25. The Kier molecular flexibility index (Phi) is 6.44. The lowest BCUT2D eigenvalue weighted by molar-refractivity contribution is -0.116. The zero-order valence-corrected chi connectivity index (χ0v) is 16.5. The molecule has 1 aliphatic carbocycles. The van der Waals surface area contributed by atoms with Crippen molar-refractivity contribution in [3.8, 4) is 0 Å². The molecule has 0 saturated heterocycles. The van der Waals surface area contributed by atoms with Gasteiger partial charge in [0.05, 0.1) is 12.2 Å². The van der Waals surface area contributed by atoms with Crippen LogP contribution < -0.4 is 5.32 Å². The molecule has 0 radical (unpaired) electrons. The minimum Gasteiger partial charge on any atom is -0.336 e. The number of aryl methyl sites for hydroxylation is 1. The smallest absolute Gasteiger partial charge is 0.254 e. The van der Waals surface area contributed by atoms with Crippen molar-refractivity contribution in [2.24, 2.45) is 0 Å². The van der Waals surface area contributed by atoms with E-state index in [1.165, 1.54) is 40.8 Å². The number of amides is 2. The van der Waals surface area contributed by atoms with Crippen LogP contribution in [0.15, 0.2) is 18.2 Å². The van der Waals surface area contributed by atoms with E-state index < -0.39 is 5.82 Å². The van der Waals surface area contributed by atoms with Gasteiger partial charge in [-0.1, -0.05) is 13.3 Å². The largest absolute Gasteiger partial charge is 0.336 e. The van der Waals surface area contributed by atoms with Crippen LogP contribution in [0.25, 0.3) is 0 Å². The maximum absolute atomic E-state index is 14.0. The highest BCUT2D eigenvalue weighted by atomic mass is 19.1. The molecular weight excluding hydrogens is 359 g/mol. The van der Waals surface area contributed by atoms with Gasteiger partial charge in [0.1, 0.15) is 5.82 Å². The molecule has 3 rings (SSSR count). The van der Waals surface area contributed by atoms with Gasteiger partial charge in [0.15, 0.2) is 0 Å². The number of rotatable bonds is 6. The summed E-state index contributed by atoms with van der Waals surface area (Å²) in [5, 5.41) is 10.2. The molecule has 1 aromatic heterocycles. The van der Waals surface area contributed by atoms with Crippen LogP contribution in [0.1, 0.15) is 66.3 Å². The topological polar surface area (TPSA) is 78.1 Å². The van der Waals surface area contributed by atoms with Gasteiger partial charge >= 0.3 is 0 Å². The van der Waals surface area contributed by atoms with Gasteiger partial charge in [-0.05, 0) is 55.9 Å². The summed E-state index contributed by atoms with van der Waals surface area (Å²) in [6, 6.07) is 3.93. The summed E-state index contributed by atoms with van der Waals surface area (Å²) in [5.74, 6) is -1.06. The zero-order valence-electron chi connectivity index (χ0n) is 16.5. The van der Waals surface area contributed by atoms with Crippen LogP contribution >= 0.6 is 0 Å². The number of aromatic amines is 1. The van der Waals surface area contributed by atoms with Gasteiger partial charge < -0.3 is 10.2 Å². The summed E-state index contributed by atoms with van der Waals surface area (Å²) >= 11 is 0. The van der Waals surface area contributed by atoms with Crippen molar-refractivity contribution in [2.45, 2.75) is 58.4 Å². The Hall–Kier alpha value is -2.70. The number of carbonyl (C=O) groups excluding carboxylic acids is 2. The van der Waals surface area contributed by atoms with Crippen LogP contribution in [0, 0.1) is 5.82 Å². The number of hydrogen-bond donors (Lipinski definition) is 2. The molecule has 150 valence electrons. The molecule has 7 heteroatoms. The molecule has 0 aliphatic heterocycles. The third-order valence-electron chi connectivity index (χ3n) is 5.03. The monoisotopic (exact) mass is 386 g/mol. The second-order valence-electron chi connectivity index (χ2n) is 7.38. The third-order valence-corrected chi connectivity index (χ3v) is 5.03. The Balaban J connectivity index is 1.74. The van der Waals surface area contributed by atoms with E-state index in [9.17, 15) is 14.0 Å². The van der Waals surface area contributed by atoms with Gasteiger partial charge in [-0.3, -0.25) is 14.7 Å². The van der Waals surface area contributed by atoms with Crippen molar-refractivity contribution in [3.05, 3.63) is 46.5 Å². The Labute approximate surface area is 164 Å². The number of nitrogens with zero attached hydrogens (tertiary/aromatic N) is 2. The molecular formula is C21H27FN4O2. The van der Waals surface area contributed by atoms with E-state index in [2.05, 4.69) is 15.5 Å². The van der Waals surface area contributed by atoms with Gasteiger partial charge in [0.25, 0.3) is 5.91 Å². The highest BCUT2D eigenvalue weighted by Crippen LogP contribution is 2.23. The standard InChI is InChI=1S/C21H27FN4O2/c1-3-7-20(27)23-16-11-14(10-15(22)12-16)21(28)26(2)13-19-17-8-5-4-6-9-18(17)24-25-19/h10-12H,3-9,13H2,1-2H3,(H,23,27)(H,24,25).